The highest BCUT2D eigenvalue weighted by molar-refractivity contribution is 5.86. The summed E-state index contributed by atoms with van der Waals surface area (Å²) >= 11 is 0. The topological polar surface area (TPSA) is 69.6 Å². The van der Waals surface area contributed by atoms with E-state index < -0.39 is 11.5 Å². The Morgan fingerprint density at radius 3 is 2.90 bits per heavy atom. The maximum absolute atomic E-state index is 11.9. The van der Waals surface area contributed by atoms with Crippen molar-refractivity contribution in [3.63, 3.8) is 0 Å². The summed E-state index contributed by atoms with van der Waals surface area (Å²) in [6.07, 6.45) is 4.80. The summed E-state index contributed by atoms with van der Waals surface area (Å²) in [5.74, 6) is -0.937. The van der Waals surface area contributed by atoms with E-state index in [0.29, 0.717) is 18.5 Å². The lowest BCUT2D eigenvalue weighted by molar-refractivity contribution is -0.146. The number of amides is 1. The highest BCUT2D eigenvalue weighted by Crippen LogP contribution is 2.31. The van der Waals surface area contributed by atoms with Gasteiger partial charge in [0.25, 0.3) is 0 Å². The summed E-state index contributed by atoms with van der Waals surface area (Å²) in [4.78, 5) is 25.3. The molecule has 1 fully saturated rings. The van der Waals surface area contributed by atoms with Gasteiger partial charge < -0.3 is 15.3 Å². The van der Waals surface area contributed by atoms with E-state index in [0.717, 1.165) is 12.0 Å². The Labute approximate surface area is 116 Å². The van der Waals surface area contributed by atoms with Gasteiger partial charge in [-0.1, -0.05) is 24.3 Å². The van der Waals surface area contributed by atoms with Crippen molar-refractivity contribution in [2.24, 2.45) is 0 Å². The second-order valence-corrected chi connectivity index (χ2v) is 5.19. The van der Waals surface area contributed by atoms with Crippen LogP contribution in [0, 0.1) is 0 Å². The SMILES string of the molecule is O=C1CCCN1CC1(C(=O)O)NC=Cc2ccccc21. The number of nitrogens with one attached hydrogen (secondary N) is 1. The van der Waals surface area contributed by atoms with E-state index in [1.165, 1.54) is 0 Å². The number of nitrogens with zero attached hydrogens (tertiary/aromatic N) is 1. The monoisotopic (exact) mass is 272 g/mol. The molecule has 0 aliphatic carbocycles. The number of carbonyl (C=O) groups is 2. The maximum Gasteiger partial charge on any atom is 0.335 e. The zero-order valence-electron chi connectivity index (χ0n) is 11.0. The van der Waals surface area contributed by atoms with Gasteiger partial charge in [0.2, 0.25) is 5.91 Å². The van der Waals surface area contributed by atoms with E-state index >= 15 is 0 Å². The van der Waals surface area contributed by atoms with Crippen LogP contribution in [0.2, 0.25) is 0 Å². The van der Waals surface area contributed by atoms with Gasteiger partial charge in [-0.2, -0.15) is 0 Å². The van der Waals surface area contributed by atoms with Crippen LogP contribution in [0.3, 0.4) is 0 Å². The average molecular weight is 272 g/mol. The number of hydrogen-bond donors (Lipinski definition) is 2. The molecule has 104 valence electrons. The van der Waals surface area contributed by atoms with E-state index in [1.54, 1.807) is 17.2 Å². The lowest BCUT2D eigenvalue weighted by atomic mass is 9.84. The highest BCUT2D eigenvalue weighted by atomic mass is 16.4. The van der Waals surface area contributed by atoms with Crippen molar-refractivity contribution in [2.75, 3.05) is 13.1 Å². The average Bonchev–Trinajstić information content (AvgIpc) is 2.84. The van der Waals surface area contributed by atoms with Crippen molar-refractivity contribution in [3.05, 3.63) is 41.6 Å². The first-order chi connectivity index (χ1) is 9.63. The van der Waals surface area contributed by atoms with Crippen molar-refractivity contribution in [1.82, 2.24) is 10.2 Å². The molecular formula is C15H16N2O3. The van der Waals surface area contributed by atoms with Crippen molar-refractivity contribution in [2.45, 2.75) is 18.4 Å². The van der Waals surface area contributed by atoms with Crippen LogP contribution in [0.1, 0.15) is 24.0 Å². The number of fused-ring (bicyclic) bond motifs is 1. The van der Waals surface area contributed by atoms with Crippen LogP contribution in [0.5, 0.6) is 0 Å². The zero-order valence-corrected chi connectivity index (χ0v) is 11.0. The van der Waals surface area contributed by atoms with Crippen LogP contribution in [0.25, 0.3) is 6.08 Å². The van der Waals surface area contributed by atoms with Gasteiger partial charge in [0, 0.05) is 13.0 Å². The molecule has 1 atom stereocenters. The Hall–Kier alpha value is -2.30. The first-order valence-electron chi connectivity index (χ1n) is 6.68. The summed E-state index contributed by atoms with van der Waals surface area (Å²) in [7, 11) is 0. The molecule has 3 rings (SSSR count). The Morgan fingerprint density at radius 2 is 2.20 bits per heavy atom. The van der Waals surface area contributed by atoms with E-state index in [-0.39, 0.29) is 12.5 Å². The van der Waals surface area contributed by atoms with E-state index in [4.69, 9.17) is 0 Å². The molecule has 5 heteroatoms. The number of rotatable bonds is 3. The molecule has 1 aromatic carbocycles. The molecule has 1 amide bonds. The third-order valence-electron chi connectivity index (χ3n) is 3.98. The van der Waals surface area contributed by atoms with Crippen molar-refractivity contribution in [3.8, 4) is 0 Å². The summed E-state index contributed by atoms with van der Waals surface area (Å²) in [6, 6.07) is 7.39. The van der Waals surface area contributed by atoms with Gasteiger partial charge in [-0.05, 0) is 29.8 Å². The molecule has 0 radical (unpaired) electrons. The Morgan fingerprint density at radius 1 is 1.40 bits per heavy atom. The molecule has 0 saturated carbocycles. The summed E-state index contributed by atoms with van der Waals surface area (Å²) < 4.78 is 0. The predicted octanol–water partition coefficient (Wildman–Crippen LogP) is 1.16. The fourth-order valence-electron chi connectivity index (χ4n) is 2.92. The number of benzene rings is 1. The Balaban J connectivity index is 2.03. The summed E-state index contributed by atoms with van der Waals surface area (Å²) in [6.45, 7) is 0.782. The van der Waals surface area contributed by atoms with Crippen LogP contribution < -0.4 is 5.32 Å². The van der Waals surface area contributed by atoms with Gasteiger partial charge in [0.1, 0.15) is 0 Å². The number of carbonyl (C=O) groups excluding carboxylic acids is 1. The van der Waals surface area contributed by atoms with Crippen LogP contribution in [-0.4, -0.2) is 35.0 Å². The molecule has 2 aliphatic rings. The number of carboxylic acids is 1. The van der Waals surface area contributed by atoms with Crippen LogP contribution in [0.15, 0.2) is 30.5 Å². The minimum absolute atomic E-state index is 0.0273. The van der Waals surface area contributed by atoms with Crippen molar-refractivity contribution < 1.29 is 14.7 Å². The standard InChI is InChI=1S/C15H16N2O3/c18-13-6-3-9-17(13)10-15(14(19)20)12-5-2-1-4-11(12)7-8-16-15/h1-2,4-5,7-8,16H,3,6,9-10H2,(H,19,20). The van der Waals surface area contributed by atoms with Crippen LogP contribution in [-0.2, 0) is 15.1 Å². The van der Waals surface area contributed by atoms with E-state index in [9.17, 15) is 14.7 Å². The molecule has 5 nitrogen and oxygen atoms in total. The van der Waals surface area contributed by atoms with Crippen LogP contribution >= 0.6 is 0 Å². The molecule has 0 aromatic heterocycles. The van der Waals surface area contributed by atoms with Gasteiger partial charge in [-0.15, -0.1) is 0 Å². The lowest BCUT2D eigenvalue weighted by Gasteiger charge is -2.37. The fraction of sp³-hybridized carbons (Fsp3) is 0.333. The van der Waals surface area contributed by atoms with E-state index in [1.807, 2.05) is 24.3 Å². The smallest absolute Gasteiger partial charge is 0.335 e. The molecule has 20 heavy (non-hydrogen) atoms. The van der Waals surface area contributed by atoms with Gasteiger partial charge in [0.15, 0.2) is 5.54 Å². The highest BCUT2D eigenvalue weighted by Gasteiger charge is 2.45. The number of likely N-dealkylation sites (tertiary alicyclic amines) is 1. The van der Waals surface area contributed by atoms with Crippen molar-refractivity contribution in [1.29, 1.82) is 0 Å². The fourth-order valence-corrected chi connectivity index (χ4v) is 2.92. The minimum Gasteiger partial charge on any atom is -0.479 e. The lowest BCUT2D eigenvalue weighted by Crippen LogP contribution is -2.56. The normalized spacial score (nSPS) is 24.4. The Bertz CT molecular complexity index is 597. The number of carboxylic acid groups (broad SMARTS) is 1. The van der Waals surface area contributed by atoms with Gasteiger partial charge in [-0.3, -0.25) is 4.79 Å². The molecule has 0 spiro atoms. The first-order valence-corrected chi connectivity index (χ1v) is 6.68. The molecule has 1 unspecified atom stereocenters. The second-order valence-electron chi connectivity index (χ2n) is 5.19. The maximum atomic E-state index is 11.9. The molecular weight excluding hydrogens is 256 g/mol. The first kappa shape index (κ1) is 12.7. The molecule has 2 heterocycles. The molecule has 0 bridgehead atoms. The molecule has 1 aromatic rings. The second kappa shape index (κ2) is 4.67. The molecule has 2 N–H and O–H groups in total. The predicted molar refractivity (Wildman–Crippen MR) is 73.7 cm³/mol. The van der Waals surface area contributed by atoms with Crippen molar-refractivity contribution >= 4 is 18.0 Å². The molecule has 2 aliphatic heterocycles. The number of hydrogen-bond acceptors (Lipinski definition) is 3. The quantitative estimate of drug-likeness (QED) is 0.866. The van der Waals surface area contributed by atoms with E-state index in [2.05, 4.69) is 5.32 Å². The molecule has 1 saturated heterocycles. The summed E-state index contributed by atoms with van der Waals surface area (Å²) in [5.41, 5.74) is 0.320. The third-order valence-corrected chi connectivity index (χ3v) is 3.98. The summed E-state index contributed by atoms with van der Waals surface area (Å²) in [5, 5.41) is 12.7. The number of aliphatic carboxylic acids is 1. The third kappa shape index (κ3) is 1.86. The van der Waals surface area contributed by atoms with Gasteiger partial charge in [0.05, 0.1) is 6.54 Å². The minimum atomic E-state index is -1.26. The van der Waals surface area contributed by atoms with Gasteiger partial charge >= 0.3 is 5.97 Å². The zero-order chi connectivity index (χ0) is 14.2. The van der Waals surface area contributed by atoms with Gasteiger partial charge in [-0.25, -0.2) is 4.79 Å². The largest absolute Gasteiger partial charge is 0.479 e. The van der Waals surface area contributed by atoms with Crippen LogP contribution in [0.4, 0.5) is 0 Å². The Kier molecular flexibility index (Phi) is 2.97.